The van der Waals surface area contributed by atoms with Crippen molar-refractivity contribution in [2.24, 2.45) is 0 Å². The molecule has 20 heavy (non-hydrogen) atoms. The second-order valence-corrected chi connectivity index (χ2v) is 4.83. The summed E-state index contributed by atoms with van der Waals surface area (Å²) < 4.78 is 26.1. The molecule has 0 bridgehead atoms. The summed E-state index contributed by atoms with van der Waals surface area (Å²) in [4.78, 5) is 0. The highest BCUT2D eigenvalue weighted by atomic mass is 19.2. The van der Waals surface area contributed by atoms with Crippen LogP contribution in [0.5, 0.6) is 0 Å². The fourth-order valence-electron chi connectivity index (χ4n) is 2.19. The highest BCUT2D eigenvalue weighted by Gasteiger charge is 2.10. The maximum absolute atomic E-state index is 13.2. The number of hydrogen-bond acceptors (Lipinski definition) is 1. The minimum absolute atomic E-state index is 0.0887. The van der Waals surface area contributed by atoms with Gasteiger partial charge < -0.3 is 5.32 Å². The monoisotopic (exact) mass is 275 g/mol. The van der Waals surface area contributed by atoms with E-state index >= 15 is 0 Å². The van der Waals surface area contributed by atoms with E-state index in [9.17, 15) is 8.78 Å². The summed E-state index contributed by atoms with van der Waals surface area (Å²) in [5.41, 5.74) is 3.03. The highest BCUT2D eigenvalue weighted by molar-refractivity contribution is 5.46. The molecule has 1 unspecified atom stereocenters. The van der Waals surface area contributed by atoms with Crippen molar-refractivity contribution in [2.75, 3.05) is 5.32 Å². The van der Waals surface area contributed by atoms with Gasteiger partial charge in [-0.1, -0.05) is 38.1 Å². The molecule has 0 aliphatic heterocycles. The Bertz CT molecular complexity index is 564. The predicted octanol–water partition coefficient (Wildman–Crippen LogP) is 5.09. The lowest BCUT2D eigenvalue weighted by Crippen LogP contribution is -2.10. The van der Waals surface area contributed by atoms with E-state index in [1.54, 1.807) is 6.07 Å². The molecule has 1 N–H and O–H groups in total. The van der Waals surface area contributed by atoms with E-state index in [1.807, 2.05) is 0 Å². The molecule has 0 saturated carbocycles. The number of nitrogens with one attached hydrogen (secondary N) is 1. The van der Waals surface area contributed by atoms with Gasteiger partial charge in [0, 0.05) is 11.8 Å². The number of hydrogen-bond donors (Lipinski definition) is 1. The van der Waals surface area contributed by atoms with Crippen LogP contribution in [0.15, 0.2) is 42.5 Å². The first kappa shape index (κ1) is 14.5. The zero-order valence-corrected chi connectivity index (χ0v) is 11.8. The molecule has 3 heteroatoms. The van der Waals surface area contributed by atoms with Gasteiger partial charge in [-0.3, -0.25) is 0 Å². The predicted molar refractivity (Wildman–Crippen MR) is 78.8 cm³/mol. The molecule has 106 valence electrons. The fourth-order valence-corrected chi connectivity index (χ4v) is 2.19. The van der Waals surface area contributed by atoms with E-state index in [-0.39, 0.29) is 6.04 Å². The Morgan fingerprint density at radius 2 is 1.65 bits per heavy atom. The normalized spacial score (nSPS) is 12.2. The lowest BCUT2D eigenvalue weighted by Gasteiger charge is -2.19. The fraction of sp³-hybridized carbons (Fsp3) is 0.294. The van der Waals surface area contributed by atoms with Gasteiger partial charge in [-0.15, -0.1) is 0 Å². The van der Waals surface area contributed by atoms with Crippen LogP contribution in [0.4, 0.5) is 14.5 Å². The minimum atomic E-state index is -0.828. The van der Waals surface area contributed by atoms with Gasteiger partial charge >= 0.3 is 0 Å². The molecule has 0 amide bonds. The second kappa shape index (κ2) is 6.51. The average Bonchev–Trinajstić information content (AvgIpc) is 2.48. The van der Waals surface area contributed by atoms with Crippen LogP contribution in [0.25, 0.3) is 0 Å². The lowest BCUT2D eigenvalue weighted by atomic mass is 10.0. The molecule has 0 spiro atoms. The molecule has 2 rings (SSSR count). The SMILES string of the molecule is CCc1ccc(C(CC)Nc2ccc(F)c(F)c2)cc1. The highest BCUT2D eigenvalue weighted by Crippen LogP contribution is 2.24. The molecule has 2 aromatic rings. The van der Waals surface area contributed by atoms with Crippen molar-refractivity contribution in [3.05, 3.63) is 65.2 Å². The van der Waals surface area contributed by atoms with E-state index < -0.39 is 11.6 Å². The topological polar surface area (TPSA) is 12.0 Å². The molecule has 1 atom stereocenters. The van der Waals surface area contributed by atoms with Crippen LogP contribution in [0, 0.1) is 11.6 Å². The third kappa shape index (κ3) is 3.35. The summed E-state index contributed by atoms with van der Waals surface area (Å²) in [5, 5.41) is 3.24. The smallest absolute Gasteiger partial charge is 0.160 e. The maximum Gasteiger partial charge on any atom is 0.160 e. The first-order chi connectivity index (χ1) is 9.63. The van der Waals surface area contributed by atoms with E-state index in [2.05, 4.69) is 43.4 Å². The standard InChI is InChI=1S/C17H19F2N/c1-3-12-5-7-13(8-6-12)17(4-2)20-14-9-10-15(18)16(19)11-14/h5-11,17,20H,3-4H2,1-2H3. The Hall–Kier alpha value is -1.90. The molecule has 2 aromatic carbocycles. The van der Waals surface area contributed by atoms with Gasteiger partial charge in [0.05, 0.1) is 6.04 Å². The van der Waals surface area contributed by atoms with Gasteiger partial charge in [0.1, 0.15) is 0 Å². The molecular formula is C17H19F2N. The maximum atomic E-state index is 13.2. The van der Waals surface area contributed by atoms with Gasteiger partial charge in [0.15, 0.2) is 11.6 Å². The van der Waals surface area contributed by atoms with Gasteiger partial charge in [-0.05, 0) is 36.1 Å². The Kier molecular flexibility index (Phi) is 4.72. The second-order valence-electron chi connectivity index (χ2n) is 4.83. The van der Waals surface area contributed by atoms with Crippen LogP contribution in [0.2, 0.25) is 0 Å². The first-order valence-corrected chi connectivity index (χ1v) is 6.94. The Labute approximate surface area is 118 Å². The summed E-state index contributed by atoms with van der Waals surface area (Å²) in [6, 6.07) is 12.4. The van der Waals surface area contributed by atoms with Crippen molar-refractivity contribution < 1.29 is 8.78 Å². The number of benzene rings is 2. The van der Waals surface area contributed by atoms with E-state index in [4.69, 9.17) is 0 Å². The molecule has 0 fully saturated rings. The zero-order chi connectivity index (χ0) is 14.5. The van der Waals surface area contributed by atoms with Gasteiger partial charge in [-0.2, -0.15) is 0 Å². The quantitative estimate of drug-likeness (QED) is 0.801. The number of halogens is 2. The molecule has 0 saturated heterocycles. The van der Waals surface area contributed by atoms with Gasteiger partial charge in [0.25, 0.3) is 0 Å². The van der Waals surface area contributed by atoms with Crippen molar-refractivity contribution in [3.8, 4) is 0 Å². The van der Waals surface area contributed by atoms with Crippen LogP contribution in [0.3, 0.4) is 0 Å². The van der Waals surface area contributed by atoms with E-state index in [0.29, 0.717) is 5.69 Å². The van der Waals surface area contributed by atoms with Crippen molar-refractivity contribution in [3.63, 3.8) is 0 Å². The average molecular weight is 275 g/mol. The molecular weight excluding hydrogens is 256 g/mol. The van der Waals surface area contributed by atoms with Crippen molar-refractivity contribution in [1.82, 2.24) is 0 Å². The molecule has 0 radical (unpaired) electrons. The zero-order valence-electron chi connectivity index (χ0n) is 11.8. The summed E-state index contributed by atoms with van der Waals surface area (Å²) in [5.74, 6) is -1.65. The minimum Gasteiger partial charge on any atom is -0.378 e. The number of aryl methyl sites for hydroxylation is 1. The largest absolute Gasteiger partial charge is 0.378 e. The summed E-state index contributed by atoms with van der Waals surface area (Å²) in [7, 11) is 0. The Balaban J connectivity index is 2.16. The molecule has 0 aliphatic carbocycles. The van der Waals surface area contributed by atoms with Gasteiger partial charge in [-0.25, -0.2) is 8.78 Å². The summed E-state index contributed by atoms with van der Waals surface area (Å²) in [6.07, 6.45) is 1.87. The third-order valence-corrected chi connectivity index (χ3v) is 3.46. The van der Waals surface area contributed by atoms with Gasteiger partial charge in [0.2, 0.25) is 0 Å². The van der Waals surface area contributed by atoms with Crippen molar-refractivity contribution in [2.45, 2.75) is 32.7 Å². The van der Waals surface area contributed by atoms with Crippen LogP contribution in [0.1, 0.15) is 37.4 Å². The molecule has 0 heterocycles. The molecule has 0 aromatic heterocycles. The van der Waals surface area contributed by atoms with Crippen molar-refractivity contribution in [1.29, 1.82) is 0 Å². The van der Waals surface area contributed by atoms with Crippen LogP contribution < -0.4 is 5.32 Å². The first-order valence-electron chi connectivity index (χ1n) is 6.94. The molecule has 0 aliphatic rings. The lowest BCUT2D eigenvalue weighted by molar-refractivity contribution is 0.509. The van der Waals surface area contributed by atoms with Crippen LogP contribution in [-0.2, 0) is 6.42 Å². The van der Waals surface area contributed by atoms with E-state index in [0.717, 1.165) is 24.5 Å². The van der Waals surface area contributed by atoms with Crippen LogP contribution in [-0.4, -0.2) is 0 Å². The van der Waals surface area contributed by atoms with Crippen molar-refractivity contribution >= 4 is 5.69 Å². The number of rotatable bonds is 5. The number of anilines is 1. The van der Waals surface area contributed by atoms with E-state index in [1.165, 1.54) is 11.6 Å². The Morgan fingerprint density at radius 3 is 2.20 bits per heavy atom. The molecule has 1 nitrogen and oxygen atoms in total. The summed E-state index contributed by atoms with van der Waals surface area (Å²) >= 11 is 0. The third-order valence-electron chi connectivity index (χ3n) is 3.46. The summed E-state index contributed by atoms with van der Waals surface area (Å²) in [6.45, 7) is 4.18. The Morgan fingerprint density at radius 1 is 0.950 bits per heavy atom. The van der Waals surface area contributed by atoms with Crippen LogP contribution >= 0.6 is 0 Å².